The van der Waals surface area contributed by atoms with Gasteiger partial charge in [0.25, 0.3) is 12.3 Å². The summed E-state index contributed by atoms with van der Waals surface area (Å²) in [6.07, 6.45) is -2.67. The van der Waals surface area contributed by atoms with Gasteiger partial charge in [-0.15, -0.1) is 0 Å². The van der Waals surface area contributed by atoms with E-state index >= 15 is 0 Å². The molecule has 9 nitrogen and oxygen atoms in total. The van der Waals surface area contributed by atoms with Crippen molar-refractivity contribution in [2.75, 3.05) is 18.5 Å². The van der Waals surface area contributed by atoms with E-state index in [9.17, 15) is 22.8 Å². The number of hydrogen-bond acceptors (Lipinski definition) is 7. The zero-order valence-electron chi connectivity index (χ0n) is 19.7. The molecular weight excluding hydrogens is 479 g/mol. The minimum Gasteiger partial charge on any atom is -0.444 e. The molecule has 12 heteroatoms. The highest BCUT2D eigenvalue weighted by Gasteiger charge is 2.35. The quantitative estimate of drug-likeness (QED) is 0.649. The van der Waals surface area contributed by atoms with Gasteiger partial charge >= 0.3 is 6.09 Å². The van der Waals surface area contributed by atoms with E-state index in [2.05, 4.69) is 20.6 Å². The predicted molar refractivity (Wildman–Crippen MR) is 123 cm³/mol. The van der Waals surface area contributed by atoms with Gasteiger partial charge < -0.3 is 14.8 Å². The molecule has 0 radical (unpaired) electrons. The first kappa shape index (κ1) is 26.6. The zero-order valence-corrected chi connectivity index (χ0v) is 19.7. The van der Waals surface area contributed by atoms with E-state index in [1.807, 2.05) is 6.07 Å². The highest BCUT2D eigenvalue weighted by molar-refractivity contribution is 6.03. The van der Waals surface area contributed by atoms with Crippen molar-refractivity contribution in [3.05, 3.63) is 59.2 Å². The smallest absolute Gasteiger partial charge is 0.413 e. The second-order valence-electron chi connectivity index (χ2n) is 8.88. The molecule has 2 amide bonds. The summed E-state index contributed by atoms with van der Waals surface area (Å²) in [6, 6.07) is 6.44. The van der Waals surface area contributed by atoms with Crippen LogP contribution in [0.25, 0.3) is 0 Å². The SMILES string of the molecule is CC(C)(C)OC(=O)NC1=NC(C(F)F)C(c2cc(NC(=O)c3ccc(C#N)cn3)ccc2F)COC1. The van der Waals surface area contributed by atoms with Crippen molar-refractivity contribution in [1.29, 1.82) is 5.26 Å². The number of carbonyl (C=O) groups excluding carboxylic acids is 2. The lowest BCUT2D eigenvalue weighted by Gasteiger charge is -2.23. The Labute approximate surface area is 205 Å². The van der Waals surface area contributed by atoms with Crippen LogP contribution in [-0.2, 0) is 9.47 Å². The topological polar surface area (TPSA) is 126 Å². The number of rotatable bonds is 4. The van der Waals surface area contributed by atoms with E-state index in [1.165, 1.54) is 30.5 Å². The summed E-state index contributed by atoms with van der Waals surface area (Å²) in [7, 11) is 0. The van der Waals surface area contributed by atoms with Crippen molar-refractivity contribution in [2.24, 2.45) is 4.99 Å². The molecule has 190 valence electrons. The van der Waals surface area contributed by atoms with E-state index < -0.39 is 41.8 Å². The molecule has 0 bridgehead atoms. The summed E-state index contributed by atoms with van der Waals surface area (Å²) in [5, 5.41) is 13.7. The van der Waals surface area contributed by atoms with Crippen LogP contribution in [0.2, 0.25) is 0 Å². The van der Waals surface area contributed by atoms with Crippen molar-refractivity contribution in [3.63, 3.8) is 0 Å². The fourth-order valence-electron chi connectivity index (χ4n) is 3.38. The molecule has 0 fully saturated rings. The summed E-state index contributed by atoms with van der Waals surface area (Å²) in [5.41, 5.74) is -0.555. The van der Waals surface area contributed by atoms with Crippen LogP contribution >= 0.6 is 0 Å². The number of halogens is 3. The first-order valence-corrected chi connectivity index (χ1v) is 10.9. The Kier molecular flexibility index (Phi) is 8.26. The van der Waals surface area contributed by atoms with Gasteiger partial charge in [-0.05, 0) is 56.7 Å². The lowest BCUT2D eigenvalue weighted by Crippen LogP contribution is -2.38. The van der Waals surface area contributed by atoms with Gasteiger partial charge in [-0.1, -0.05) is 0 Å². The van der Waals surface area contributed by atoms with E-state index in [4.69, 9.17) is 14.7 Å². The Morgan fingerprint density at radius 2 is 1.97 bits per heavy atom. The van der Waals surface area contributed by atoms with Crippen LogP contribution < -0.4 is 10.6 Å². The molecule has 36 heavy (non-hydrogen) atoms. The van der Waals surface area contributed by atoms with Crippen LogP contribution in [0.1, 0.15) is 48.3 Å². The average molecular weight is 503 g/mol. The Bertz CT molecular complexity index is 1190. The van der Waals surface area contributed by atoms with Gasteiger partial charge in [0.15, 0.2) is 0 Å². The molecule has 1 aliphatic heterocycles. The number of pyridine rings is 1. The fraction of sp³-hybridized carbons (Fsp3) is 0.375. The molecule has 1 aromatic carbocycles. The number of nitrogens with one attached hydrogen (secondary N) is 2. The first-order valence-electron chi connectivity index (χ1n) is 10.9. The van der Waals surface area contributed by atoms with Crippen molar-refractivity contribution in [3.8, 4) is 6.07 Å². The Hall–Kier alpha value is -3.98. The van der Waals surface area contributed by atoms with E-state index in [0.29, 0.717) is 0 Å². The second-order valence-corrected chi connectivity index (χ2v) is 8.88. The molecule has 1 aromatic heterocycles. The van der Waals surface area contributed by atoms with Gasteiger partial charge in [0.1, 0.15) is 41.7 Å². The summed E-state index contributed by atoms with van der Waals surface area (Å²) in [4.78, 5) is 32.4. The van der Waals surface area contributed by atoms with Crippen LogP contribution in [0.4, 0.5) is 23.7 Å². The number of alkyl carbamates (subject to hydrolysis) is 1. The summed E-state index contributed by atoms with van der Waals surface area (Å²) in [6.45, 7) is 4.32. The minimum atomic E-state index is -3.01. The second kappa shape index (κ2) is 11.2. The van der Waals surface area contributed by atoms with Crippen LogP contribution in [0.5, 0.6) is 0 Å². The molecule has 3 rings (SSSR count). The van der Waals surface area contributed by atoms with Gasteiger partial charge in [0, 0.05) is 17.8 Å². The minimum absolute atomic E-state index is 0.00518. The fourth-order valence-corrected chi connectivity index (χ4v) is 3.38. The number of aromatic nitrogens is 1. The number of ether oxygens (including phenoxy) is 2. The number of amidine groups is 1. The van der Waals surface area contributed by atoms with E-state index in [0.717, 1.165) is 6.07 Å². The van der Waals surface area contributed by atoms with Gasteiger partial charge in [-0.25, -0.2) is 22.9 Å². The number of anilines is 1. The molecule has 2 unspecified atom stereocenters. The van der Waals surface area contributed by atoms with E-state index in [1.54, 1.807) is 20.8 Å². The molecule has 0 saturated heterocycles. The third kappa shape index (κ3) is 7.02. The number of carbonyl (C=O) groups is 2. The van der Waals surface area contributed by atoms with Crippen molar-refractivity contribution in [1.82, 2.24) is 10.3 Å². The van der Waals surface area contributed by atoms with Gasteiger partial charge in [0.05, 0.1) is 12.2 Å². The lowest BCUT2D eigenvalue weighted by atomic mass is 9.91. The van der Waals surface area contributed by atoms with E-state index in [-0.39, 0.29) is 41.6 Å². The van der Waals surface area contributed by atoms with Crippen LogP contribution in [0.3, 0.4) is 0 Å². The first-order chi connectivity index (χ1) is 17.0. The van der Waals surface area contributed by atoms with Gasteiger partial charge in [0.2, 0.25) is 0 Å². The van der Waals surface area contributed by atoms with Crippen molar-refractivity contribution >= 4 is 23.5 Å². The van der Waals surface area contributed by atoms with Crippen molar-refractivity contribution < 1.29 is 32.2 Å². The number of alkyl halides is 2. The maximum Gasteiger partial charge on any atom is 0.413 e. The summed E-state index contributed by atoms with van der Waals surface area (Å²) in [5.74, 6) is -2.81. The highest BCUT2D eigenvalue weighted by atomic mass is 19.3. The van der Waals surface area contributed by atoms with Gasteiger partial charge in [-0.3, -0.25) is 15.1 Å². The maximum atomic E-state index is 14.8. The molecule has 1 aliphatic rings. The Morgan fingerprint density at radius 3 is 2.58 bits per heavy atom. The molecule has 2 N–H and O–H groups in total. The lowest BCUT2D eigenvalue weighted by molar-refractivity contribution is 0.0557. The number of aliphatic imine (C=N–C) groups is 1. The molecular formula is C24H24F3N5O4. The van der Waals surface area contributed by atoms with Crippen LogP contribution in [0.15, 0.2) is 41.5 Å². The molecule has 2 aromatic rings. The third-order valence-electron chi connectivity index (χ3n) is 4.94. The molecule has 0 aliphatic carbocycles. The Morgan fingerprint density at radius 1 is 1.22 bits per heavy atom. The standard InChI is InChI=1S/C24H24F3N5O4/c1-24(2,3)36-23(34)32-19-12-35-11-16(20(31-19)21(26)27)15-8-14(5-6-17(15)25)30-22(33)18-7-4-13(9-28)10-29-18/h4-8,10,16,20-21H,11-12H2,1-3H3,(H,30,33)(H,31,32,34). The number of nitrogens with zero attached hydrogens (tertiary/aromatic N) is 3. The monoisotopic (exact) mass is 503 g/mol. The zero-order chi connectivity index (χ0) is 26.5. The summed E-state index contributed by atoms with van der Waals surface area (Å²) < 4.78 is 53.3. The molecule has 0 saturated carbocycles. The Balaban J connectivity index is 1.83. The van der Waals surface area contributed by atoms with Crippen LogP contribution in [-0.4, -0.2) is 54.1 Å². The van der Waals surface area contributed by atoms with Crippen molar-refractivity contribution in [2.45, 2.75) is 44.8 Å². The molecule has 2 heterocycles. The van der Waals surface area contributed by atoms with Crippen LogP contribution in [0, 0.1) is 17.1 Å². The number of benzene rings is 1. The number of amides is 2. The normalized spacial score (nSPS) is 18.0. The third-order valence-corrected chi connectivity index (χ3v) is 4.94. The number of hydrogen-bond donors (Lipinski definition) is 2. The van der Waals surface area contributed by atoms with Gasteiger partial charge in [-0.2, -0.15) is 5.26 Å². The molecule has 2 atom stereocenters. The average Bonchev–Trinajstić information content (AvgIpc) is 3.01. The summed E-state index contributed by atoms with van der Waals surface area (Å²) >= 11 is 0. The molecule has 0 spiro atoms. The largest absolute Gasteiger partial charge is 0.444 e. The predicted octanol–water partition coefficient (Wildman–Crippen LogP) is 4.02. The number of nitriles is 1. The maximum absolute atomic E-state index is 14.8. The highest BCUT2D eigenvalue weighted by Crippen LogP contribution is 2.32.